The number of hydrogen-bond acceptors (Lipinski definition) is 2. The van der Waals surface area contributed by atoms with Crippen molar-refractivity contribution in [2.45, 2.75) is 24.8 Å². The van der Waals surface area contributed by atoms with Gasteiger partial charge in [0.1, 0.15) is 0 Å². The van der Waals surface area contributed by atoms with E-state index < -0.39 is 0 Å². The fourth-order valence-electron chi connectivity index (χ4n) is 1.38. The molecule has 1 amide bonds. The highest BCUT2D eigenvalue weighted by molar-refractivity contribution is 7.98. The van der Waals surface area contributed by atoms with Crippen LogP contribution in [0.5, 0.6) is 0 Å². The molecule has 0 radical (unpaired) electrons. The second-order valence-electron chi connectivity index (χ2n) is 4.21. The van der Waals surface area contributed by atoms with E-state index in [9.17, 15) is 4.79 Å². The maximum absolute atomic E-state index is 11.9. The van der Waals surface area contributed by atoms with Crippen molar-refractivity contribution in [3.63, 3.8) is 0 Å². The number of benzene rings is 1. The Morgan fingerprint density at radius 2 is 1.94 bits per heavy atom. The van der Waals surface area contributed by atoms with Crippen LogP contribution in [-0.4, -0.2) is 24.1 Å². The summed E-state index contributed by atoms with van der Waals surface area (Å²) in [5.41, 5.74) is 0.679. The first-order chi connectivity index (χ1) is 8.08. The summed E-state index contributed by atoms with van der Waals surface area (Å²) in [5.74, 6) is 0.714. The second kappa shape index (κ2) is 6.92. The van der Waals surface area contributed by atoms with E-state index in [1.807, 2.05) is 44.4 Å². The molecule has 0 heterocycles. The highest BCUT2D eigenvalue weighted by atomic mass is 35.5. The lowest BCUT2D eigenvalue weighted by Crippen LogP contribution is -2.39. The molecule has 1 N–H and O–H groups in total. The Morgan fingerprint density at radius 1 is 1.35 bits per heavy atom. The number of amides is 1. The van der Waals surface area contributed by atoms with E-state index in [2.05, 4.69) is 5.32 Å². The Bertz CT molecular complexity index is 364. The molecule has 17 heavy (non-hydrogen) atoms. The van der Waals surface area contributed by atoms with Crippen LogP contribution in [0.3, 0.4) is 0 Å². The number of alkyl halides is 1. The molecular formula is C13H18ClNOS. The summed E-state index contributed by atoms with van der Waals surface area (Å²) in [6.07, 6.45) is 2.01. The first-order valence-corrected chi connectivity index (χ1v) is 7.35. The molecule has 0 saturated heterocycles. The maximum Gasteiger partial charge on any atom is 0.251 e. The summed E-state index contributed by atoms with van der Waals surface area (Å²) in [6.45, 7) is 4.09. The summed E-state index contributed by atoms with van der Waals surface area (Å²) in [4.78, 5) is 13.1. The first-order valence-electron chi connectivity index (χ1n) is 5.59. The van der Waals surface area contributed by atoms with Crippen LogP contribution in [0.4, 0.5) is 0 Å². The van der Waals surface area contributed by atoms with Crippen LogP contribution in [0.2, 0.25) is 0 Å². The van der Waals surface area contributed by atoms with Gasteiger partial charge >= 0.3 is 0 Å². The van der Waals surface area contributed by atoms with Crippen LogP contribution in [-0.2, 0) is 0 Å². The molecule has 0 spiro atoms. The van der Waals surface area contributed by atoms with Crippen LogP contribution in [0.1, 0.15) is 24.2 Å². The third kappa shape index (κ3) is 4.25. The lowest BCUT2D eigenvalue weighted by atomic mass is 10.1. The summed E-state index contributed by atoms with van der Waals surface area (Å²) in [5, 5.41) is 2.94. The van der Waals surface area contributed by atoms with Crippen molar-refractivity contribution in [2.75, 3.05) is 12.1 Å². The highest BCUT2D eigenvalue weighted by Crippen LogP contribution is 2.15. The van der Waals surface area contributed by atoms with E-state index in [1.165, 1.54) is 0 Å². The van der Waals surface area contributed by atoms with Gasteiger partial charge in [-0.3, -0.25) is 4.79 Å². The topological polar surface area (TPSA) is 29.1 Å². The van der Waals surface area contributed by atoms with Crippen LogP contribution >= 0.6 is 23.4 Å². The van der Waals surface area contributed by atoms with Gasteiger partial charge in [0, 0.05) is 22.4 Å². The van der Waals surface area contributed by atoms with Gasteiger partial charge in [-0.05, 0) is 36.4 Å². The zero-order valence-corrected chi connectivity index (χ0v) is 11.9. The third-order valence-electron chi connectivity index (χ3n) is 2.64. The zero-order chi connectivity index (χ0) is 12.8. The Balaban J connectivity index is 2.68. The number of carbonyl (C=O) groups is 1. The number of hydrogen-bond donors (Lipinski definition) is 1. The summed E-state index contributed by atoms with van der Waals surface area (Å²) in [6, 6.07) is 7.60. The fraction of sp³-hybridized carbons (Fsp3) is 0.462. The van der Waals surface area contributed by atoms with Crippen LogP contribution in [0.25, 0.3) is 0 Å². The number of halogens is 1. The van der Waals surface area contributed by atoms with Crippen molar-refractivity contribution in [3.05, 3.63) is 29.8 Å². The average molecular weight is 272 g/mol. The molecule has 0 fully saturated rings. The Morgan fingerprint density at radius 3 is 2.35 bits per heavy atom. The number of nitrogens with one attached hydrogen (secondary N) is 1. The molecule has 94 valence electrons. The quantitative estimate of drug-likeness (QED) is 0.657. The minimum Gasteiger partial charge on any atom is -0.348 e. The monoisotopic (exact) mass is 271 g/mol. The van der Waals surface area contributed by atoms with E-state index in [1.54, 1.807) is 11.8 Å². The van der Waals surface area contributed by atoms with Gasteiger partial charge in [0.15, 0.2) is 0 Å². The molecule has 2 nitrogen and oxygen atoms in total. The minimum absolute atomic E-state index is 0.0180. The Labute approximate surface area is 112 Å². The van der Waals surface area contributed by atoms with E-state index in [0.717, 1.165) is 4.90 Å². The van der Waals surface area contributed by atoms with Crippen molar-refractivity contribution in [3.8, 4) is 0 Å². The first kappa shape index (κ1) is 14.4. The molecule has 0 bridgehead atoms. The van der Waals surface area contributed by atoms with Crippen molar-refractivity contribution in [1.29, 1.82) is 0 Å². The van der Waals surface area contributed by atoms with Gasteiger partial charge in [0.2, 0.25) is 0 Å². The Kier molecular flexibility index (Phi) is 5.86. The van der Waals surface area contributed by atoms with Crippen LogP contribution in [0.15, 0.2) is 29.2 Å². The zero-order valence-electron chi connectivity index (χ0n) is 10.4. The molecule has 0 aliphatic heterocycles. The van der Waals surface area contributed by atoms with Crippen molar-refractivity contribution in [2.24, 2.45) is 5.92 Å². The number of carbonyl (C=O) groups excluding carboxylic acids is 1. The predicted octanol–water partition coefficient (Wildman–Crippen LogP) is 3.40. The molecular weight excluding hydrogens is 254 g/mol. The van der Waals surface area contributed by atoms with E-state index >= 15 is 0 Å². The minimum atomic E-state index is -0.0583. The highest BCUT2D eigenvalue weighted by Gasteiger charge is 2.15. The average Bonchev–Trinajstić information content (AvgIpc) is 2.35. The summed E-state index contributed by atoms with van der Waals surface area (Å²) >= 11 is 7.48. The fourth-order valence-corrected chi connectivity index (χ4v) is 2.22. The van der Waals surface area contributed by atoms with Crippen molar-refractivity contribution >= 4 is 29.3 Å². The van der Waals surface area contributed by atoms with Crippen LogP contribution < -0.4 is 5.32 Å². The smallest absolute Gasteiger partial charge is 0.251 e. The molecule has 0 aliphatic rings. The van der Waals surface area contributed by atoms with E-state index in [4.69, 9.17) is 11.6 Å². The second-order valence-corrected chi connectivity index (χ2v) is 5.40. The molecule has 1 aromatic rings. The van der Waals surface area contributed by atoms with E-state index in [0.29, 0.717) is 17.4 Å². The molecule has 1 rings (SSSR count). The SMILES string of the molecule is CSc1ccc(C(=O)NC(CCl)C(C)C)cc1. The van der Waals surface area contributed by atoms with Crippen LogP contribution in [0, 0.1) is 5.92 Å². The van der Waals surface area contributed by atoms with E-state index in [-0.39, 0.29) is 11.9 Å². The lowest BCUT2D eigenvalue weighted by Gasteiger charge is -2.19. The van der Waals surface area contributed by atoms with Gasteiger partial charge in [0.05, 0.1) is 0 Å². The molecule has 1 aromatic carbocycles. The largest absolute Gasteiger partial charge is 0.348 e. The van der Waals surface area contributed by atoms with Crippen molar-refractivity contribution in [1.82, 2.24) is 5.32 Å². The van der Waals surface area contributed by atoms with Gasteiger partial charge in [-0.2, -0.15) is 0 Å². The molecule has 0 aromatic heterocycles. The molecule has 1 unspecified atom stereocenters. The van der Waals surface area contributed by atoms with Crippen molar-refractivity contribution < 1.29 is 4.79 Å². The Hall–Kier alpha value is -0.670. The molecule has 1 atom stereocenters. The summed E-state index contributed by atoms with van der Waals surface area (Å²) in [7, 11) is 0. The van der Waals surface area contributed by atoms with Gasteiger partial charge < -0.3 is 5.32 Å². The molecule has 0 saturated carbocycles. The molecule has 4 heteroatoms. The maximum atomic E-state index is 11.9. The molecule has 0 aliphatic carbocycles. The van der Waals surface area contributed by atoms with Gasteiger partial charge in [-0.25, -0.2) is 0 Å². The number of thioether (sulfide) groups is 1. The van der Waals surface area contributed by atoms with Gasteiger partial charge in [-0.1, -0.05) is 13.8 Å². The number of rotatable bonds is 5. The van der Waals surface area contributed by atoms with Gasteiger partial charge in [0.25, 0.3) is 5.91 Å². The lowest BCUT2D eigenvalue weighted by molar-refractivity contribution is 0.0931. The standard InChI is InChI=1S/C13H18ClNOS/c1-9(2)12(8-14)15-13(16)10-4-6-11(17-3)7-5-10/h4-7,9,12H,8H2,1-3H3,(H,15,16). The normalized spacial score (nSPS) is 12.5. The third-order valence-corrected chi connectivity index (χ3v) is 3.72. The summed E-state index contributed by atoms with van der Waals surface area (Å²) < 4.78 is 0. The van der Waals surface area contributed by atoms with Gasteiger partial charge in [-0.15, -0.1) is 23.4 Å². The predicted molar refractivity (Wildman–Crippen MR) is 75.0 cm³/mol.